The maximum atomic E-state index is 13.3. The van der Waals surface area contributed by atoms with Crippen LogP contribution in [0.5, 0.6) is 0 Å². The summed E-state index contributed by atoms with van der Waals surface area (Å²) < 4.78 is 14.8. The molecule has 124 valence electrons. The molecule has 0 radical (unpaired) electrons. The van der Waals surface area contributed by atoms with Crippen molar-refractivity contribution in [2.75, 3.05) is 0 Å². The summed E-state index contributed by atoms with van der Waals surface area (Å²) in [7, 11) is 0. The minimum absolute atomic E-state index is 0.163. The topological polar surface area (TPSA) is 78.0 Å². The highest BCUT2D eigenvalue weighted by Gasteiger charge is 2.09. The van der Waals surface area contributed by atoms with Crippen LogP contribution >= 0.6 is 0 Å². The molecule has 0 aliphatic heterocycles. The molecule has 0 aliphatic rings. The van der Waals surface area contributed by atoms with E-state index in [9.17, 15) is 9.18 Å². The molecule has 0 saturated heterocycles. The smallest absolute Gasteiger partial charge is 0.258 e. The van der Waals surface area contributed by atoms with Crippen LogP contribution < -0.4 is 5.56 Å². The van der Waals surface area contributed by atoms with Gasteiger partial charge in [0, 0.05) is 17.3 Å². The second kappa shape index (κ2) is 5.90. The summed E-state index contributed by atoms with van der Waals surface area (Å²) in [6.07, 6.45) is 0. The number of aromatic nitrogens is 6. The molecule has 0 aliphatic carbocycles. The lowest BCUT2D eigenvalue weighted by Gasteiger charge is -2.05. The van der Waals surface area contributed by atoms with E-state index in [0.29, 0.717) is 22.7 Å². The van der Waals surface area contributed by atoms with Gasteiger partial charge < -0.3 is 0 Å². The van der Waals surface area contributed by atoms with Gasteiger partial charge in [0.25, 0.3) is 5.56 Å². The Morgan fingerprint density at radius 1 is 1.12 bits per heavy atom. The summed E-state index contributed by atoms with van der Waals surface area (Å²) in [6.45, 7) is 2.04. The Kier molecular flexibility index (Phi) is 3.57. The highest BCUT2D eigenvalue weighted by atomic mass is 19.1. The highest BCUT2D eigenvalue weighted by molar-refractivity contribution is 5.53. The van der Waals surface area contributed by atoms with Gasteiger partial charge in [0.15, 0.2) is 0 Å². The van der Waals surface area contributed by atoms with Gasteiger partial charge in [0.1, 0.15) is 18.0 Å². The van der Waals surface area contributed by atoms with Crippen molar-refractivity contribution in [3.05, 3.63) is 76.1 Å². The van der Waals surface area contributed by atoms with Crippen molar-refractivity contribution < 1.29 is 4.39 Å². The van der Waals surface area contributed by atoms with Crippen LogP contribution in [0, 0.1) is 12.7 Å². The van der Waals surface area contributed by atoms with Crippen molar-refractivity contribution in [1.82, 2.24) is 29.6 Å². The van der Waals surface area contributed by atoms with E-state index in [4.69, 9.17) is 0 Å². The molecule has 1 aromatic carbocycles. The van der Waals surface area contributed by atoms with Crippen LogP contribution in [0.3, 0.4) is 0 Å². The molecule has 8 heteroatoms. The molecule has 7 nitrogen and oxygen atoms in total. The van der Waals surface area contributed by atoms with Gasteiger partial charge in [-0.2, -0.15) is 4.80 Å². The average Bonchev–Trinajstić information content (AvgIpc) is 3.03. The molecule has 3 heterocycles. The Hall–Kier alpha value is -3.42. The number of hydrogen-bond donors (Lipinski definition) is 0. The summed E-state index contributed by atoms with van der Waals surface area (Å²) >= 11 is 0. The van der Waals surface area contributed by atoms with Crippen LogP contribution in [0.25, 0.3) is 17.0 Å². The first-order valence-electron chi connectivity index (χ1n) is 7.62. The molecule has 0 spiro atoms. The molecular formula is C17H13FN6O. The fraction of sp³-hybridized carbons (Fsp3) is 0.118. The Bertz CT molecular complexity index is 1130. The average molecular weight is 336 g/mol. The number of tetrazole rings is 1. The Labute approximate surface area is 141 Å². The van der Waals surface area contributed by atoms with Crippen molar-refractivity contribution in [3.8, 4) is 11.4 Å². The van der Waals surface area contributed by atoms with Gasteiger partial charge >= 0.3 is 0 Å². The normalized spacial score (nSPS) is 11.1. The standard InChI is InChI=1S/C17H13FN6O/c1-11-4-2-7-15-19-14(9-16(25)24(11)15)10-23-21-17(20-22-23)12-5-3-6-13(18)8-12/h2-9H,10H2,1H3. The van der Waals surface area contributed by atoms with Crippen LogP contribution in [0.1, 0.15) is 11.4 Å². The summed E-state index contributed by atoms with van der Waals surface area (Å²) in [4.78, 5) is 18.1. The summed E-state index contributed by atoms with van der Waals surface area (Å²) in [5, 5.41) is 12.1. The minimum atomic E-state index is -0.367. The van der Waals surface area contributed by atoms with Crippen molar-refractivity contribution >= 4 is 5.65 Å². The maximum Gasteiger partial charge on any atom is 0.258 e. The number of nitrogens with zero attached hydrogens (tertiary/aromatic N) is 6. The number of hydrogen-bond acceptors (Lipinski definition) is 5. The zero-order chi connectivity index (χ0) is 17.4. The van der Waals surface area contributed by atoms with Gasteiger partial charge in [-0.05, 0) is 36.4 Å². The predicted octanol–water partition coefficient (Wildman–Crippen LogP) is 1.84. The highest BCUT2D eigenvalue weighted by Crippen LogP contribution is 2.14. The van der Waals surface area contributed by atoms with Gasteiger partial charge in [-0.25, -0.2) is 9.37 Å². The van der Waals surface area contributed by atoms with Crippen LogP contribution in [0.15, 0.2) is 53.3 Å². The number of aryl methyl sites for hydroxylation is 1. The second-order valence-electron chi connectivity index (χ2n) is 5.60. The molecule has 4 rings (SSSR count). The van der Waals surface area contributed by atoms with Crippen LogP contribution in [-0.2, 0) is 6.54 Å². The lowest BCUT2D eigenvalue weighted by molar-refractivity contribution is 0.564. The van der Waals surface area contributed by atoms with E-state index in [0.717, 1.165) is 5.69 Å². The molecule has 3 aromatic heterocycles. The molecule has 25 heavy (non-hydrogen) atoms. The Morgan fingerprint density at radius 2 is 1.96 bits per heavy atom. The van der Waals surface area contributed by atoms with Gasteiger partial charge in [-0.15, -0.1) is 10.2 Å². The molecule has 0 N–H and O–H groups in total. The van der Waals surface area contributed by atoms with E-state index in [2.05, 4.69) is 20.4 Å². The zero-order valence-electron chi connectivity index (χ0n) is 13.3. The van der Waals surface area contributed by atoms with E-state index in [-0.39, 0.29) is 17.9 Å². The van der Waals surface area contributed by atoms with Gasteiger partial charge in [0.05, 0.1) is 5.69 Å². The number of fused-ring (bicyclic) bond motifs is 1. The molecule has 4 aromatic rings. The predicted molar refractivity (Wildman–Crippen MR) is 88.5 cm³/mol. The Balaban J connectivity index is 1.67. The van der Waals surface area contributed by atoms with E-state index >= 15 is 0 Å². The number of rotatable bonds is 3. The maximum absolute atomic E-state index is 13.3. The summed E-state index contributed by atoms with van der Waals surface area (Å²) in [5.41, 5.74) is 2.28. The first-order valence-corrected chi connectivity index (χ1v) is 7.62. The van der Waals surface area contributed by atoms with Crippen molar-refractivity contribution in [2.45, 2.75) is 13.5 Å². The largest absolute Gasteiger partial charge is 0.269 e. The van der Waals surface area contributed by atoms with Crippen LogP contribution in [0.2, 0.25) is 0 Å². The van der Waals surface area contributed by atoms with Crippen molar-refractivity contribution in [3.63, 3.8) is 0 Å². The fourth-order valence-electron chi connectivity index (χ4n) is 2.64. The van der Waals surface area contributed by atoms with Crippen molar-refractivity contribution in [2.24, 2.45) is 0 Å². The fourth-order valence-corrected chi connectivity index (χ4v) is 2.64. The van der Waals surface area contributed by atoms with E-state index in [1.165, 1.54) is 27.4 Å². The molecule has 0 unspecified atom stereocenters. The van der Waals surface area contributed by atoms with Gasteiger partial charge in [-0.3, -0.25) is 9.20 Å². The van der Waals surface area contributed by atoms with E-state index < -0.39 is 0 Å². The van der Waals surface area contributed by atoms with Crippen LogP contribution in [0.4, 0.5) is 4.39 Å². The Morgan fingerprint density at radius 3 is 2.80 bits per heavy atom. The van der Waals surface area contributed by atoms with Crippen molar-refractivity contribution in [1.29, 1.82) is 0 Å². The summed E-state index contributed by atoms with van der Waals surface area (Å²) in [5.74, 6) is -0.0544. The molecule has 0 atom stereocenters. The SMILES string of the molecule is Cc1cccc2nc(Cn3nnc(-c4cccc(F)c4)n3)cc(=O)n12. The lowest BCUT2D eigenvalue weighted by Crippen LogP contribution is -2.19. The number of pyridine rings is 1. The second-order valence-corrected chi connectivity index (χ2v) is 5.60. The summed E-state index contributed by atoms with van der Waals surface area (Å²) in [6, 6.07) is 12.9. The third-order valence-electron chi connectivity index (χ3n) is 3.77. The third-order valence-corrected chi connectivity index (χ3v) is 3.77. The first-order chi connectivity index (χ1) is 12.1. The van der Waals surface area contributed by atoms with Gasteiger partial charge in [0.2, 0.25) is 5.82 Å². The zero-order valence-corrected chi connectivity index (χ0v) is 13.3. The quantitative estimate of drug-likeness (QED) is 0.570. The number of halogens is 1. The van der Waals surface area contributed by atoms with Gasteiger partial charge in [-0.1, -0.05) is 18.2 Å². The van der Waals surface area contributed by atoms with E-state index in [1.54, 1.807) is 18.2 Å². The van der Waals surface area contributed by atoms with Crippen LogP contribution in [-0.4, -0.2) is 29.6 Å². The molecule has 0 amide bonds. The first kappa shape index (κ1) is 15.1. The monoisotopic (exact) mass is 336 g/mol. The third kappa shape index (κ3) is 2.89. The van der Waals surface area contributed by atoms with E-state index in [1.807, 2.05) is 19.1 Å². The molecule has 0 bridgehead atoms. The lowest BCUT2D eigenvalue weighted by atomic mass is 10.2. The molecule has 0 saturated carbocycles. The molecular weight excluding hydrogens is 323 g/mol. The number of benzene rings is 1. The molecule has 0 fully saturated rings. The minimum Gasteiger partial charge on any atom is -0.269 e.